The Labute approximate surface area is 234 Å². The van der Waals surface area contributed by atoms with Crippen LogP contribution in [0.1, 0.15) is 110 Å². The molecule has 220 valence electrons. The van der Waals surface area contributed by atoms with Crippen molar-refractivity contribution in [3.63, 3.8) is 0 Å². The third-order valence-electron chi connectivity index (χ3n) is 5.80. The SMILES string of the molecule is CCCCCCCN(C(=O)C(CC(N)=O)NC(=O)OC(C)(C)C)C(C(=O)NC(C)(C)C)c1cc(C)cc(C)c1. The first-order valence-electron chi connectivity index (χ1n) is 13.9. The second-order valence-electron chi connectivity index (χ2n) is 12.4. The van der Waals surface area contributed by atoms with Crippen LogP contribution >= 0.6 is 0 Å². The molecule has 0 bridgehead atoms. The molecule has 4 amide bonds. The molecular formula is C30H50N4O5. The van der Waals surface area contributed by atoms with Crippen LogP contribution in [0.2, 0.25) is 0 Å². The number of nitrogens with zero attached hydrogens (tertiary/aromatic N) is 1. The van der Waals surface area contributed by atoms with E-state index in [4.69, 9.17) is 10.5 Å². The number of nitrogens with two attached hydrogens (primary N) is 1. The lowest BCUT2D eigenvalue weighted by Gasteiger charge is -2.36. The molecule has 0 fully saturated rings. The Morgan fingerprint density at radius 1 is 0.923 bits per heavy atom. The highest BCUT2D eigenvalue weighted by Crippen LogP contribution is 2.27. The molecule has 1 aromatic rings. The molecule has 4 N–H and O–H groups in total. The number of carbonyl (C=O) groups excluding carboxylic acids is 4. The van der Waals surface area contributed by atoms with Crippen LogP contribution in [0.15, 0.2) is 18.2 Å². The zero-order chi connectivity index (χ0) is 30.0. The van der Waals surface area contributed by atoms with E-state index in [9.17, 15) is 19.2 Å². The van der Waals surface area contributed by atoms with E-state index in [-0.39, 0.29) is 12.5 Å². The van der Waals surface area contributed by atoms with Crippen LogP contribution in [0.3, 0.4) is 0 Å². The number of unbranched alkanes of at least 4 members (excludes halogenated alkanes) is 4. The third kappa shape index (κ3) is 13.0. The number of hydrogen-bond acceptors (Lipinski definition) is 5. The summed E-state index contributed by atoms with van der Waals surface area (Å²) in [5.74, 6) is -1.66. The number of nitrogens with one attached hydrogen (secondary N) is 2. The molecule has 2 unspecified atom stereocenters. The fraction of sp³-hybridized carbons (Fsp3) is 0.667. The first-order chi connectivity index (χ1) is 17.9. The summed E-state index contributed by atoms with van der Waals surface area (Å²) < 4.78 is 5.34. The van der Waals surface area contributed by atoms with E-state index in [2.05, 4.69) is 17.6 Å². The van der Waals surface area contributed by atoms with E-state index in [1.165, 1.54) is 4.90 Å². The van der Waals surface area contributed by atoms with Crippen LogP contribution in [0, 0.1) is 13.8 Å². The van der Waals surface area contributed by atoms with Crippen molar-refractivity contribution < 1.29 is 23.9 Å². The highest BCUT2D eigenvalue weighted by atomic mass is 16.6. The van der Waals surface area contributed by atoms with Gasteiger partial charge in [-0.25, -0.2) is 4.79 Å². The van der Waals surface area contributed by atoms with Crippen molar-refractivity contribution in [2.75, 3.05) is 6.54 Å². The van der Waals surface area contributed by atoms with Gasteiger partial charge < -0.3 is 26.0 Å². The van der Waals surface area contributed by atoms with Gasteiger partial charge in [-0.3, -0.25) is 14.4 Å². The van der Waals surface area contributed by atoms with Crippen LogP contribution in [0.4, 0.5) is 4.79 Å². The highest BCUT2D eigenvalue weighted by molar-refractivity contribution is 5.94. The lowest BCUT2D eigenvalue weighted by atomic mass is 9.96. The van der Waals surface area contributed by atoms with Gasteiger partial charge in [-0.15, -0.1) is 0 Å². The number of rotatable bonds is 13. The van der Waals surface area contributed by atoms with E-state index < -0.39 is 47.6 Å². The summed E-state index contributed by atoms with van der Waals surface area (Å²) in [7, 11) is 0. The molecule has 0 saturated heterocycles. The Hall–Kier alpha value is -3.10. The first-order valence-corrected chi connectivity index (χ1v) is 13.9. The van der Waals surface area contributed by atoms with Crippen molar-refractivity contribution in [2.45, 2.75) is 124 Å². The summed E-state index contributed by atoms with van der Waals surface area (Å²) >= 11 is 0. The smallest absolute Gasteiger partial charge is 0.408 e. The van der Waals surface area contributed by atoms with Crippen molar-refractivity contribution in [1.29, 1.82) is 0 Å². The molecular weight excluding hydrogens is 496 g/mol. The van der Waals surface area contributed by atoms with Crippen LogP contribution in [0.5, 0.6) is 0 Å². The van der Waals surface area contributed by atoms with E-state index in [1.807, 2.05) is 52.8 Å². The van der Waals surface area contributed by atoms with Gasteiger partial charge in [-0.1, -0.05) is 61.9 Å². The lowest BCUT2D eigenvalue weighted by Crippen LogP contribution is -2.55. The monoisotopic (exact) mass is 546 g/mol. The molecule has 9 heteroatoms. The Morgan fingerprint density at radius 3 is 1.97 bits per heavy atom. The molecule has 0 aromatic heterocycles. The van der Waals surface area contributed by atoms with E-state index in [0.717, 1.165) is 36.8 Å². The molecule has 0 saturated carbocycles. The minimum absolute atomic E-state index is 0.267. The number of aryl methyl sites for hydroxylation is 2. The molecule has 2 atom stereocenters. The summed E-state index contributed by atoms with van der Waals surface area (Å²) in [6.45, 7) is 17.0. The van der Waals surface area contributed by atoms with Crippen LogP contribution < -0.4 is 16.4 Å². The fourth-order valence-corrected chi connectivity index (χ4v) is 4.38. The molecule has 0 heterocycles. The lowest BCUT2D eigenvalue weighted by molar-refractivity contribution is -0.144. The topological polar surface area (TPSA) is 131 Å². The molecule has 0 spiro atoms. The van der Waals surface area contributed by atoms with Gasteiger partial charge in [-0.2, -0.15) is 0 Å². The van der Waals surface area contributed by atoms with Crippen LogP contribution in [-0.4, -0.2) is 52.4 Å². The fourth-order valence-electron chi connectivity index (χ4n) is 4.38. The number of primary amides is 1. The van der Waals surface area contributed by atoms with E-state index in [1.54, 1.807) is 20.8 Å². The second-order valence-corrected chi connectivity index (χ2v) is 12.4. The van der Waals surface area contributed by atoms with Crippen molar-refractivity contribution in [2.24, 2.45) is 5.73 Å². The van der Waals surface area contributed by atoms with Gasteiger partial charge >= 0.3 is 6.09 Å². The standard InChI is InChI=1S/C30H50N4O5/c1-10-11-12-13-14-15-34(27(37)23(19-24(31)35)32-28(38)39-30(7,8)9)25(26(36)33-29(4,5)6)22-17-20(2)16-21(3)18-22/h16-18,23,25H,10-15,19H2,1-9H3,(H2,31,35)(H,32,38)(H,33,36). The Morgan fingerprint density at radius 2 is 1.49 bits per heavy atom. The molecule has 1 aromatic carbocycles. The summed E-state index contributed by atoms with van der Waals surface area (Å²) in [4.78, 5) is 54.0. The molecule has 0 aliphatic carbocycles. The maximum Gasteiger partial charge on any atom is 0.408 e. The van der Waals surface area contributed by atoms with Gasteiger partial charge in [0, 0.05) is 12.1 Å². The van der Waals surface area contributed by atoms with Gasteiger partial charge in [-0.05, 0) is 67.4 Å². The molecule has 9 nitrogen and oxygen atoms in total. The second kappa shape index (κ2) is 14.9. The molecule has 0 aliphatic heterocycles. The number of hydrogen-bond donors (Lipinski definition) is 3. The zero-order valence-electron chi connectivity index (χ0n) is 25.4. The Kier molecular flexibility index (Phi) is 13.0. The number of ether oxygens (including phenoxy) is 1. The minimum Gasteiger partial charge on any atom is -0.444 e. The zero-order valence-corrected chi connectivity index (χ0v) is 25.4. The predicted molar refractivity (Wildman–Crippen MR) is 154 cm³/mol. The summed E-state index contributed by atoms with van der Waals surface area (Å²) in [6, 6.07) is 3.52. The number of benzene rings is 1. The average molecular weight is 547 g/mol. The van der Waals surface area contributed by atoms with E-state index >= 15 is 0 Å². The Balaban J connectivity index is 3.59. The van der Waals surface area contributed by atoms with Crippen molar-refractivity contribution >= 4 is 23.8 Å². The number of amides is 4. The Bertz CT molecular complexity index is 974. The molecule has 0 aliphatic rings. The molecule has 0 radical (unpaired) electrons. The molecule has 39 heavy (non-hydrogen) atoms. The van der Waals surface area contributed by atoms with Gasteiger partial charge in [0.05, 0.1) is 6.42 Å². The summed E-state index contributed by atoms with van der Waals surface area (Å²) in [5.41, 5.74) is 6.69. The van der Waals surface area contributed by atoms with Gasteiger partial charge in [0.15, 0.2) is 0 Å². The average Bonchev–Trinajstić information content (AvgIpc) is 2.73. The van der Waals surface area contributed by atoms with E-state index in [0.29, 0.717) is 12.0 Å². The van der Waals surface area contributed by atoms with Crippen LogP contribution in [0.25, 0.3) is 0 Å². The van der Waals surface area contributed by atoms with Crippen molar-refractivity contribution in [1.82, 2.24) is 15.5 Å². The van der Waals surface area contributed by atoms with Gasteiger partial charge in [0.2, 0.25) is 17.7 Å². The summed E-state index contributed by atoms with van der Waals surface area (Å²) in [6.07, 6.45) is 3.41. The van der Waals surface area contributed by atoms with Gasteiger partial charge in [0.25, 0.3) is 0 Å². The first kappa shape index (κ1) is 33.9. The third-order valence-corrected chi connectivity index (χ3v) is 5.80. The number of carbonyl (C=O) groups is 4. The van der Waals surface area contributed by atoms with Crippen molar-refractivity contribution in [3.8, 4) is 0 Å². The molecule has 1 rings (SSSR count). The number of alkyl carbamates (subject to hydrolysis) is 1. The summed E-state index contributed by atoms with van der Waals surface area (Å²) in [5, 5.41) is 5.55. The largest absolute Gasteiger partial charge is 0.444 e. The van der Waals surface area contributed by atoms with Crippen LogP contribution in [-0.2, 0) is 19.1 Å². The minimum atomic E-state index is -1.29. The van der Waals surface area contributed by atoms with Gasteiger partial charge in [0.1, 0.15) is 17.7 Å². The quantitative estimate of drug-likeness (QED) is 0.305. The maximum atomic E-state index is 14.1. The van der Waals surface area contributed by atoms with Crippen molar-refractivity contribution in [3.05, 3.63) is 34.9 Å². The predicted octanol–water partition coefficient (Wildman–Crippen LogP) is 4.83. The highest BCUT2D eigenvalue weighted by Gasteiger charge is 2.37. The normalized spacial score (nSPS) is 13.3. The maximum absolute atomic E-state index is 14.1.